The number of nitrogens with two attached hydrogens (primary N) is 1. The van der Waals surface area contributed by atoms with Crippen molar-refractivity contribution >= 4 is 15.9 Å². The lowest BCUT2D eigenvalue weighted by Gasteiger charge is -1.99. The van der Waals surface area contributed by atoms with E-state index in [2.05, 4.69) is 33.8 Å². The van der Waals surface area contributed by atoms with Crippen LogP contribution in [-0.4, -0.2) is 6.54 Å². The number of nitrogens with zero attached hydrogens (tertiary/aromatic N) is 1. The lowest BCUT2D eigenvalue weighted by Crippen LogP contribution is -1.94. The van der Waals surface area contributed by atoms with E-state index in [1.165, 1.54) is 0 Å². The molecule has 0 saturated heterocycles. The predicted octanol–water partition coefficient (Wildman–Crippen LogP) is 1.76. The highest BCUT2D eigenvalue weighted by Crippen LogP contribution is 2.13. The molecule has 0 aliphatic carbocycles. The normalized spacial score (nSPS) is 8.64. The van der Waals surface area contributed by atoms with E-state index in [9.17, 15) is 0 Å². The SMILES string of the molecule is N#Cc1ccc(CBr)c(C#CCN)c1. The quantitative estimate of drug-likeness (QED) is 0.609. The van der Waals surface area contributed by atoms with Gasteiger partial charge in [-0.25, -0.2) is 0 Å². The largest absolute Gasteiger partial charge is 0.320 e. The van der Waals surface area contributed by atoms with E-state index in [0.717, 1.165) is 16.5 Å². The van der Waals surface area contributed by atoms with Crippen LogP contribution in [0, 0.1) is 23.2 Å². The summed E-state index contributed by atoms with van der Waals surface area (Å²) >= 11 is 3.36. The molecule has 0 saturated carbocycles. The summed E-state index contributed by atoms with van der Waals surface area (Å²) in [5, 5.41) is 9.45. The topological polar surface area (TPSA) is 49.8 Å². The monoisotopic (exact) mass is 248 g/mol. The van der Waals surface area contributed by atoms with Crippen LogP contribution in [0.4, 0.5) is 0 Å². The molecule has 0 heterocycles. The third kappa shape index (κ3) is 2.60. The minimum Gasteiger partial charge on any atom is -0.320 e. The summed E-state index contributed by atoms with van der Waals surface area (Å²) in [7, 11) is 0. The maximum atomic E-state index is 8.72. The van der Waals surface area contributed by atoms with E-state index in [0.29, 0.717) is 12.1 Å². The summed E-state index contributed by atoms with van der Waals surface area (Å²) < 4.78 is 0. The number of rotatable bonds is 1. The zero-order valence-electron chi connectivity index (χ0n) is 7.55. The first kappa shape index (κ1) is 10.8. The number of alkyl halides is 1. The van der Waals surface area contributed by atoms with Crippen LogP contribution in [0.2, 0.25) is 0 Å². The fraction of sp³-hybridized carbons (Fsp3) is 0.182. The van der Waals surface area contributed by atoms with E-state index < -0.39 is 0 Å². The Balaban J connectivity index is 3.16. The van der Waals surface area contributed by atoms with E-state index in [1.54, 1.807) is 12.1 Å². The van der Waals surface area contributed by atoms with Gasteiger partial charge >= 0.3 is 0 Å². The summed E-state index contributed by atoms with van der Waals surface area (Å²) in [5.74, 6) is 5.72. The smallest absolute Gasteiger partial charge is 0.0992 e. The highest BCUT2D eigenvalue weighted by Gasteiger charge is 1.99. The van der Waals surface area contributed by atoms with Crippen LogP contribution in [0.15, 0.2) is 18.2 Å². The van der Waals surface area contributed by atoms with Gasteiger partial charge in [0.2, 0.25) is 0 Å². The second-order valence-electron chi connectivity index (χ2n) is 2.62. The van der Waals surface area contributed by atoms with Crippen LogP contribution in [0.25, 0.3) is 0 Å². The molecule has 0 bridgehead atoms. The molecule has 0 spiro atoms. The summed E-state index contributed by atoms with van der Waals surface area (Å²) in [6.45, 7) is 0.332. The van der Waals surface area contributed by atoms with Crippen LogP contribution in [0.1, 0.15) is 16.7 Å². The molecule has 0 radical (unpaired) electrons. The molecule has 0 fully saturated rings. The first-order chi connectivity index (χ1) is 6.81. The molecule has 1 aromatic rings. The Morgan fingerprint density at radius 1 is 1.43 bits per heavy atom. The molecule has 0 aliphatic rings. The molecule has 0 aromatic heterocycles. The molecule has 0 aliphatic heterocycles. The summed E-state index contributed by atoms with van der Waals surface area (Å²) in [6.07, 6.45) is 0. The predicted molar refractivity (Wildman–Crippen MR) is 59.7 cm³/mol. The Kier molecular flexibility index (Phi) is 4.19. The second kappa shape index (κ2) is 5.44. The van der Waals surface area contributed by atoms with Gasteiger partial charge in [-0.15, -0.1) is 0 Å². The molecule has 2 nitrogen and oxygen atoms in total. The molecular formula is C11H9BrN2. The molecule has 3 heteroatoms. The van der Waals surface area contributed by atoms with Gasteiger partial charge in [-0.3, -0.25) is 0 Å². The van der Waals surface area contributed by atoms with Gasteiger partial charge in [0, 0.05) is 10.9 Å². The van der Waals surface area contributed by atoms with Gasteiger partial charge in [-0.1, -0.05) is 33.8 Å². The second-order valence-corrected chi connectivity index (χ2v) is 3.18. The maximum absolute atomic E-state index is 8.72. The van der Waals surface area contributed by atoms with Crippen molar-refractivity contribution in [3.05, 3.63) is 34.9 Å². The Bertz CT molecular complexity index is 421. The van der Waals surface area contributed by atoms with Crippen molar-refractivity contribution in [2.45, 2.75) is 5.33 Å². The molecule has 0 atom stereocenters. The Hall–Kier alpha value is -1.29. The molecule has 0 amide bonds. The molecule has 70 valence electrons. The zero-order chi connectivity index (χ0) is 10.4. The summed E-state index contributed by atoms with van der Waals surface area (Å²) in [6, 6.07) is 7.54. The molecule has 1 rings (SSSR count). The maximum Gasteiger partial charge on any atom is 0.0992 e. The van der Waals surface area contributed by atoms with Gasteiger partial charge in [0.05, 0.1) is 18.2 Å². The first-order valence-electron chi connectivity index (χ1n) is 4.09. The lowest BCUT2D eigenvalue weighted by atomic mass is 10.1. The van der Waals surface area contributed by atoms with E-state index in [4.69, 9.17) is 11.0 Å². The summed E-state index contributed by atoms with van der Waals surface area (Å²) in [4.78, 5) is 0. The van der Waals surface area contributed by atoms with E-state index in [-0.39, 0.29) is 0 Å². The average molecular weight is 249 g/mol. The Morgan fingerprint density at radius 2 is 2.21 bits per heavy atom. The third-order valence-corrected chi connectivity index (χ3v) is 2.31. The van der Waals surface area contributed by atoms with E-state index in [1.807, 2.05) is 6.07 Å². The number of benzene rings is 1. The van der Waals surface area contributed by atoms with Crippen molar-refractivity contribution in [3.8, 4) is 17.9 Å². The van der Waals surface area contributed by atoms with Crippen LogP contribution >= 0.6 is 15.9 Å². The minimum atomic E-state index is 0.332. The van der Waals surface area contributed by atoms with Crippen LogP contribution < -0.4 is 5.73 Å². The number of nitriles is 1. The standard InChI is InChI=1S/C11H9BrN2/c12-7-11-4-3-9(8-14)6-10(11)2-1-5-13/h3-4,6H,5,7,13H2. The lowest BCUT2D eigenvalue weighted by molar-refractivity contribution is 1.30. The van der Waals surface area contributed by atoms with Crippen LogP contribution in [-0.2, 0) is 5.33 Å². The van der Waals surface area contributed by atoms with E-state index >= 15 is 0 Å². The molecule has 1 aromatic carbocycles. The fourth-order valence-corrected chi connectivity index (χ4v) is 1.51. The van der Waals surface area contributed by atoms with Crippen molar-refractivity contribution in [2.75, 3.05) is 6.54 Å². The highest BCUT2D eigenvalue weighted by atomic mass is 79.9. The molecule has 14 heavy (non-hydrogen) atoms. The highest BCUT2D eigenvalue weighted by molar-refractivity contribution is 9.08. The van der Waals surface area contributed by atoms with Crippen LogP contribution in [0.5, 0.6) is 0 Å². The minimum absolute atomic E-state index is 0.332. The van der Waals surface area contributed by atoms with Gasteiger partial charge in [0.1, 0.15) is 0 Å². The third-order valence-electron chi connectivity index (χ3n) is 1.71. The van der Waals surface area contributed by atoms with Crippen molar-refractivity contribution in [2.24, 2.45) is 5.73 Å². The van der Waals surface area contributed by atoms with Crippen molar-refractivity contribution in [1.82, 2.24) is 0 Å². The molecule has 0 unspecified atom stereocenters. The van der Waals surface area contributed by atoms with Gasteiger partial charge in [0.15, 0.2) is 0 Å². The number of hydrogen-bond donors (Lipinski definition) is 1. The molecular weight excluding hydrogens is 240 g/mol. The van der Waals surface area contributed by atoms with Gasteiger partial charge < -0.3 is 5.73 Å². The van der Waals surface area contributed by atoms with Crippen LogP contribution in [0.3, 0.4) is 0 Å². The van der Waals surface area contributed by atoms with Crippen molar-refractivity contribution in [3.63, 3.8) is 0 Å². The summed E-state index contributed by atoms with van der Waals surface area (Å²) in [5.41, 5.74) is 7.85. The first-order valence-corrected chi connectivity index (χ1v) is 5.22. The molecule has 2 N–H and O–H groups in total. The Labute approximate surface area is 91.9 Å². The number of hydrogen-bond acceptors (Lipinski definition) is 2. The van der Waals surface area contributed by atoms with Gasteiger partial charge in [-0.05, 0) is 17.7 Å². The number of halogens is 1. The van der Waals surface area contributed by atoms with Gasteiger partial charge in [0.25, 0.3) is 0 Å². The fourth-order valence-electron chi connectivity index (χ4n) is 1.03. The van der Waals surface area contributed by atoms with Crippen molar-refractivity contribution in [1.29, 1.82) is 5.26 Å². The zero-order valence-corrected chi connectivity index (χ0v) is 9.13. The van der Waals surface area contributed by atoms with Gasteiger partial charge in [-0.2, -0.15) is 5.26 Å². The van der Waals surface area contributed by atoms with Crippen molar-refractivity contribution < 1.29 is 0 Å². The Morgan fingerprint density at radius 3 is 2.79 bits per heavy atom. The average Bonchev–Trinajstić information content (AvgIpc) is 2.25.